The molecule has 2 N–H and O–H groups in total. The van der Waals surface area contributed by atoms with Crippen LogP contribution >= 0.6 is 0 Å². The van der Waals surface area contributed by atoms with E-state index in [0.717, 1.165) is 0 Å². The van der Waals surface area contributed by atoms with Crippen LogP contribution in [0.1, 0.15) is 26.7 Å². The van der Waals surface area contributed by atoms with Crippen molar-refractivity contribution in [3.8, 4) is 0 Å². The van der Waals surface area contributed by atoms with Crippen LogP contribution < -0.4 is 0 Å². The highest BCUT2D eigenvalue weighted by molar-refractivity contribution is 5.89. The van der Waals surface area contributed by atoms with Gasteiger partial charge in [0.15, 0.2) is 0 Å². The highest BCUT2D eigenvalue weighted by Crippen LogP contribution is 2.04. The molecule has 0 spiro atoms. The lowest BCUT2D eigenvalue weighted by Gasteiger charge is -2.10. The minimum absolute atomic E-state index is 0.00432. The third-order valence-corrected chi connectivity index (χ3v) is 2.54. The molecular formula is C14H22O6. The van der Waals surface area contributed by atoms with Crippen LogP contribution in [0.4, 0.5) is 0 Å². The Morgan fingerprint density at radius 1 is 0.900 bits per heavy atom. The van der Waals surface area contributed by atoms with Crippen LogP contribution in [-0.4, -0.2) is 47.6 Å². The van der Waals surface area contributed by atoms with E-state index >= 15 is 0 Å². The summed E-state index contributed by atoms with van der Waals surface area (Å²) in [6.45, 7) is 9.96. The van der Waals surface area contributed by atoms with Gasteiger partial charge in [0, 0.05) is 0 Å². The Labute approximate surface area is 118 Å². The van der Waals surface area contributed by atoms with Gasteiger partial charge in [-0.2, -0.15) is 0 Å². The number of aliphatic hydroxyl groups is 2. The molecule has 0 amide bonds. The lowest BCUT2D eigenvalue weighted by molar-refractivity contribution is -0.142. The molecule has 6 nitrogen and oxygen atoms in total. The summed E-state index contributed by atoms with van der Waals surface area (Å²) in [5, 5.41) is 18.2. The highest BCUT2D eigenvalue weighted by Gasteiger charge is 2.14. The zero-order valence-electron chi connectivity index (χ0n) is 11.9. The molecule has 0 aliphatic rings. The topological polar surface area (TPSA) is 93.1 Å². The third-order valence-electron chi connectivity index (χ3n) is 2.54. The van der Waals surface area contributed by atoms with Crippen molar-refractivity contribution in [1.82, 2.24) is 0 Å². The Morgan fingerprint density at radius 3 is 1.45 bits per heavy atom. The predicted molar refractivity (Wildman–Crippen MR) is 72.8 cm³/mol. The summed E-state index contributed by atoms with van der Waals surface area (Å²) in [5.74, 6) is -1.28. The fraction of sp³-hybridized carbons (Fsp3) is 0.571. The minimum atomic E-state index is -0.935. The quantitative estimate of drug-likeness (QED) is 0.369. The van der Waals surface area contributed by atoms with Crippen LogP contribution in [0, 0.1) is 0 Å². The molecule has 0 aromatic heterocycles. The van der Waals surface area contributed by atoms with Gasteiger partial charge in [-0.1, -0.05) is 13.2 Å². The van der Waals surface area contributed by atoms with Crippen molar-refractivity contribution in [2.24, 2.45) is 0 Å². The van der Waals surface area contributed by atoms with Crippen LogP contribution in [-0.2, 0) is 19.1 Å². The SMILES string of the molecule is C=C(C(=O)OCCCCOC(=O)C(=C)C(C)O)C(C)O. The lowest BCUT2D eigenvalue weighted by atomic mass is 10.2. The standard InChI is InChI=1S/C14H22O6/c1-9(11(3)15)13(17)19-7-5-6-8-20-14(18)10(2)12(4)16/h11-12,15-16H,1-2,5-8H2,3-4H3. The van der Waals surface area contributed by atoms with Gasteiger partial charge in [0.2, 0.25) is 0 Å². The van der Waals surface area contributed by atoms with Gasteiger partial charge in [-0.25, -0.2) is 9.59 Å². The number of unbranched alkanes of at least 4 members (excludes halogenated alkanes) is 1. The van der Waals surface area contributed by atoms with E-state index in [9.17, 15) is 9.59 Å². The van der Waals surface area contributed by atoms with Gasteiger partial charge < -0.3 is 19.7 Å². The minimum Gasteiger partial charge on any atom is -0.462 e. The monoisotopic (exact) mass is 286 g/mol. The predicted octanol–water partition coefficient (Wildman–Crippen LogP) is 0.727. The summed E-state index contributed by atoms with van der Waals surface area (Å²) >= 11 is 0. The molecule has 0 aromatic rings. The molecule has 0 rings (SSSR count). The second kappa shape index (κ2) is 9.28. The van der Waals surface area contributed by atoms with E-state index in [-0.39, 0.29) is 24.4 Å². The molecule has 114 valence electrons. The van der Waals surface area contributed by atoms with Crippen LogP contribution in [0.25, 0.3) is 0 Å². The van der Waals surface area contributed by atoms with E-state index in [2.05, 4.69) is 13.2 Å². The highest BCUT2D eigenvalue weighted by atomic mass is 16.5. The van der Waals surface area contributed by atoms with Crippen LogP contribution in [0.15, 0.2) is 24.3 Å². The van der Waals surface area contributed by atoms with Crippen molar-refractivity contribution in [3.63, 3.8) is 0 Å². The number of hydrogen-bond acceptors (Lipinski definition) is 6. The number of esters is 2. The fourth-order valence-corrected chi connectivity index (χ4v) is 1.06. The van der Waals surface area contributed by atoms with E-state index in [0.29, 0.717) is 12.8 Å². The van der Waals surface area contributed by atoms with Crippen LogP contribution in [0.3, 0.4) is 0 Å². The second-order valence-corrected chi connectivity index (χ2v) is 4.38. The van der Waals surface area contributed by atoms with E-state index in [1.165, 1.54) is 13.8 Å². The molecule has 0 saturated heterocycles. The van der Waals surface area contributed by atoms with Crippen LogP contribution in [0.2, 0.25) is 0 Å². The molecule has 2 atom stereocenters. The second-order valence-electron chi connectivity index (χ2n) is 4.38. The third kappa shape index (κ3) is 7.06. The van der Waals surface area contributed by atoms with Gasteiger partial charge in [0.25, 0.3) is 0 Å². The van der Waals surface area contributed by atoms with E-state index in [1.807, 2.05) is 0 Å². The molecule has 2 unspecified atom stereocenters. The first-order valence-corrected chi connectivity index (χ1v) is 6.35. The summed E-state index contributed by atoms with van der Waals surface area (Å²) < 4.78 is 9.72. The number of aliphatic hydroxyl groups excluding tert-OH is 2. The van der Waals surface area contributed by atoms with Crippen molar-refractivity contribution in [1.29, 1.82) is 0 Å². The first-order valence-electron chi connectivity index (χ1n) is 6.35. The average Bonchev–Trinajstić information content (AvgIpc) is 2.39. The van der Waals surface area contributed by atoms with Crippen molar-refractivity contribution in [2.75, 3.05) is 13.2 Å². The van der Waals surface area contributed by atoms with Gasteiger partial charge in [-0.05, 0) is 26.7 Å². The first kappa shape index (κ1) is 18.3. The zero-order chi connectivity index (χ0) is 15.7. The lowest BCUT2D eigenvalue weighted by Crippen LogP contribution is -2.18. The maximum absolute atomic E-state index is 11.3. The normalized spacial score (nSPS) is 13.2. The van der Waals surface area contributed by atoms with E-state index in [1.54, 1.807) is 0 Å². The Balaban J connectivity index is 3.69. The summed E-state index contributed by atoms with van der Waals surface area (Å²) in [7, 11) is 0. The molecule has 0 fully saturated rings. The van der Waals surface area contributed by atoms with Gasteiger partial charge in [0.05, 0.1) is 36.6 Å². The molecule has 0 saturated carbocycles. The van der Waals surface area contributed by atoms with Gasteiger partial charge in [-0.15, -0.1) is 0 Å². The maximum atomic E-state index is 11.3. The molecule has 0 aliphatic heterocycles. The summed E-state index contributed by atoms with van der Waals surface area (Å²) in [6.07, 6.45) is -0.856. The molecule has 6 heteroatoms. The molecule has 0 heterocycles. The van der Waals surface area contributed by atoms with Crippen molar-refractivity contribution in [2.45, 2.75) is 38.9 Å². The number of rotatable bonds is 9. The van der Waals surface area contributed by atoms with Gasteiger partial charge >= 0.3 is 11.9 Å². The number of carbonyl (C=O) groups excluding carboxylic acids is 2. The smallest absolute Gasteiger partial charge is 0.336 e. The molecular weight excluding hydrogens is 264 g/mol. The zero-order valence-corrected chi connectivity index (χ0v) is 11.9. The van der Waals surface area contributed by atoms with E-state index in [4.69, 9.17) is 19.7 Å². The molecule has 0 aliphatic carbocycles. The Hall–Kier alpha value is -1.66. The molecule has 0 aromatic carbocycles. The number of hydrogen-bond donors (Lipinski definition) is 2. The molecule has 0 bridgehead atoms. The van der Waals surface area contributed by atoms with Crippen molar-refractivity contribution in [3.05, 3.63) is 24.3 Å². The Kier molecular flexibility index (Phi) is 8.51. The first-order chi connectivity index (χ1) is 9.27. The van der Waals surface area contributed by atoms with E-state index < -0.39 is 24.1 Å². The molecule has 0 radical (unpaired) electrons. The van der Waals surface area contributed by atoms with Crippen LogP contribution in [0.5, 0.6) is 0 Å². The largest absolute Gasteiger partial charge is 0.462 e. The molecule has 20 heavy (non-hydrogen) atoms. The number of ether oxygens (including phenoxy) is 2. The number of carbonyl (C=O) groups is 2. The fourth-order valence-electron chi connectivity index (χ4n) is 1.06. The summed E-state index contributed by atoms with van der Waals surface area (Å²) in [4.78, 5) is 22.6. The maximum Gasteiger partial charge on any atom is 0.336 e. The average molecular weight is 286 g/mol. The van der Waals surface area contributed by atoms with Gasteiger partial charge in [0.1, 0.15) is 0 Å². The van der Waals surface area contributed by atoms with Crippen molar-refractivity contribution >= 4 is 11.9 Å². The van der Waals surface area contributed by atoms with Crippen molar-refractivity contribution < 1.29 is 29.3 Å². The summed E-state index contributed by atoms with van der Waals surface area (Å²) in [6, 6.07) is 0. The van der Waals surface area contributed by atoms with Gasteiger partial charge in [-0.3, -0.25) is 0 Å². The summed E-state index contributed by atoms with van der Waals surface area (Å²) in [5.41, 5.74) is 0.00863. The Bertz CT molecular complexity index is 334. The Morgan fingerprint density at radius 2 is 1.20 bits per heavy atom.